The number of rotatable bonds is 3. The minimum Gasteiger partial charge on any atom is -0.468 e. The number of hydrogen-bond acceptors (Lipinski definition) is 3. The molecule has 1 aromatic rings. The largest absolute Gasteiger partial charge is 0.468 e. The monoisotopic (exact) mass is 259 g/mol. The van der Waals surface area contributed by atoms with Crippen LogP contribution in [0.1, 0.15) is 19.4 Å². The van der Waals surface area contributed by atoms with E-state index in [9.17, 15) is 9.59 Å². The lowest BCUT2D eigenvalue weighted by Crippen LogP contribution is -2.53. The normalized spacial score (nSPS) is 21.5. The molecule has 0 aliphatic carbocycles. The molecule has 0 aromatic heterocycles. The summed E-state index contributed by atoms with van der Waals surface area (Å²) < 4.78 is 4.91. The molecular formula is C15H17NO3. The van der Waals surface area contributed by atoms with E-state index in [0.29, 0.717) is 11.3 Å². The van der Waals surface area contributed by atoms with E-state index >= 15 is 0 Å². The number of amides is 1. The van der Waals surface area contributed by atoms with Crippen LogP contribution in [-0.4, -0.2) is 19.0 Å². The van der Waals surface area contributed by atoms with Crippen molar-refractivity contribution >= 4 is 17.6 Å². The number of allylic oxidation sites excluding steroid dienone is 1. The Morgan fingerprint density at radius 2 is 2.05 bits per heavy atom. The van der Waals surface area contributed by atoms with Gasteiger partial charge in [-0.3, -0.25) is 9.59 Å². The van der Waals surface area contributed by atoms with Crippen molar-refractivity contribution in [1.82, 2.24) is 0 Å². The zero-order chi connectivity index (χ0) is 14.3. The minimum atomic E-state index is -1.39. The molecule has 19 heavy (non-hydrogen) atoms. The third kappa shape index (κ3) is 1.52. The number of esters is 1. The van der Waals surface area contributed by atoms with Crippen LogP contribution in [0.3, 0.4) is 0 Å². The maximum absolute atomic E-state index is 12.5. The average Bonchev–Trinajstić information content (AvgIpc) is 2.71. The lowest BCUT2D eigenvalue weighted by atomic mass is 9.62. The Hall–Kier alpha value is -2.10. The smallest absolute Gasteiger partial charge is 0.326 e. The molecule has 100 valence electrons. The predicted octanol–water partition coefficient (Wildman–Crippen LogP) is 2.26. The fraction of sp³-hybridized carbons (Fsp3) is 0.333. The fourth-order valence-electron chi connectivity index (χ4n) is 2.67. The molecule has 1 heterocycles. The van der Waals surface area contributed by atoms with Gasteiger partial charge in [-0.15, -0.1) is 6.58 Å². The third-order valence-corrected chi connectivity index (χ3v) is 3.89. The fourth-order valence-corrected chi connectivity index (χ4v) is 2.67. The Kier molecular flexibility index (Phi) is 2.97. The highest BCUT2D eigenvalue weighted by Crippen LogP contribution is 2.50. The topological polar surface area (TPSA) is 55.4 Å². The maximum Gasteiger partial charge on any atom is 0.326 e. The summed E-state index contributed by atoms with van der Waals surface area (Å²) in [5, 5.41) is 2.76. The molecular weight excluding hydrogens is 242 g/mol. The zero-order valence-electron chi connectivity index (χ0n) is 11.3. The zero-order valence-corrected chi connectivity index (χ0v) is 11.3. The Bertz CT molecular complexity index is 552. The van der Waals surface area contributed by atoms with Gasteiger partial charge in [-0.2, -0.15) is 0 Å². The number of para-hydroxylation sites is 1. The predicted molar refractivity (Wildman–Crippen MR) is 72.7 cm³/mol. The number of anilines is 1. The van der Waals surface area contributed by atoms with Crippen LogP contribution in [0.5, 0.6) is 0 Å². The molecule has 2 rings (SSSR count). The second-order valence-corrected chi connectivity index (χ2v) is 5.17. The summed E-state index contributed by atoms with van der Waals surface area (Å²) in [6.45, 7) is 7.37. The van der Waals surface area contributed by atoms with Crippen molar-refractivity contribution in [2.45, 2.75) is 19.3 Å². The third-order valence-electron chi connectivity index (χ3n) is 3.89. The summed E-state index contributed by atoms with van der Waals surface area (Å²) in [6.07, 6.45) is 1.62. The van der Waals surface area contributed by atoms with Gasteiger partial charge in [0.15, 0.2) is 5.41 Å². The standard InChI is InChI=1S/C15H17NO3/c1-5-14(2,3)15(13(18)19-4)10-8-6-7-9-11(10)16-12(15)17/h5-9H,1H2,2-4H3,(H,16,17). The summed E-state index contributed by atoms with van der Waals surface area (Å²) in [5.41, 5.74) is -0.874. The quantitative estimate of drug-likeness (QED) is 0.514. The number of carbonyl (C=O) groups is 2. The Labute approximate surface area is 112 Å². The van der Waals surface area contributed by atoms with E-state index in [1.807, 2.05) is 6.07 Å². The highest BCUT2D eigenvalue weighted by Gasteiger charge is 2.62. The Morgan fingerprint density at radius 1 is 1.42 bits per heavy atom. The molecule has 0 radical (unpaired) electrons. The second kappa shape index (κ2) is 4.23. The van der Waals surface area contributed by atoms with Crippen LogP contribution in [0.15, 0.2) is 36.9 Å². The highest BCUT2D eigenvalue weighted by molar-refractivity contribution is 6.20. The van der Waals surface area contributed by atoms with Gasteiger partial charge in [-0.05, 0) is 6.07 Å². The summed E-state index contributed by atoms with van der Waals surface area (Å²) in [7, 11) is 1.29. The van der Waals surface area contributed by atoms with E-state index in [1.165, 1.54) is 7.11 Å². The molecule has 1 aromatic carbocycles. The molecule has 1 aliphatic rings. The number of nitrogens with one attached hydrogen (secondary N) is 1. The number of carbonyl (C=O) groups excluding carboxylic acids is 2. The lowest BCUT2D eigenvalue weighted by molar-refractivity contribution is -0.155. The van der Waals surface area contributed by atoms with Crippen molar-refractivity contribution < 1.29 is 14.3 Å². The number of methoxy groups -OCH3 is 1. The van der Waals surface area contributed by atoms with Crippen LogP contribution in [0.4, 0.5) is 5.69 Å². The van der Waals surface area contributed by atoms with Gasteiger partial charge in [0.25, 0.3) is 0 Å². The molecule has 1 N–H and O–H groups in total. The first kappa shape index (κ1) is 13.3. The average molecular weight is 259 g/mol. The van der Waals surface area contributed by atoms with E-state index in [-0.39, 0.29) is 5.91 Å². The molecule has 0 saturated heterocycles. The van der Waals surface area contributed by atoms with E-state index in [1.54, 1.807) is 38.1 Å². The van der Waals surface area contributed by atoms with E-state index in [0.717, 1.165) is 0 Å². The molecule has 0 saturated carbocycles. The van der Waals surface area contributed by atoms with Crippen molar-refractivity contribution in [3.05, 3.63) is 42.5 Å². The van der Waals surface area contributed by atoms with Gasteiger partial charge < -0.3 is 10.1 Å². The van der Waals surface area contributed by atoms with Crippen LogP contribution < -0.4 is 5.32 Å². The van der Waals surface area contributed by atoms with E-state index < -0.39 is 16.8 Å². The summed E-state index contributed by atoms with van der Waals surface area (Å²) >= 11 is 0. The molecule has 4 nitrogen and oxygen atoms in total. The number of benzene rings is 1. The molecule has 1 unspecified atom stereocenters. The van der Waals surface area contributed by atoms with Crippen molar-refractivity contribution in [3.63, 3.8) is 0 Å². The van der Waals surface area contributed by atoms with Gasteiger partial charge in [-0.1, -0.05) is 38.1 Å². The maximum atomic E-state index is 12.5. The SMILES string of the molecule is C=CC(C)(C)C1(C(=O)OC)C(=O)Nc2ccccc21. The van der Waals surface area contributed by atoms with Crippen LogP contribution >= 0.6 is 0 Å². The van der Waals surface area contributed by atoms with Gasteiger partial charge in [-0.25, -0.2) is 0 Å². The molecule has 0 bridgehead atoms. The first-order valence-electron chi connectivity index (χ1n) is 6.04. The summed E-state index contributed by atoms with van der Waals surface area (Å²) in [6, 6.07) is 7.16. The van der Waals surface area contributed by atoms with Crippen molar-refractivity contribution in [2.24, 2.45) is 5.41 Å². The van der Waals surface area contributed by atoms with Crippen LogP contribution in [0, 0.1) is 5.41 Å². The van der Waals surface area contributed by atoms with Gasteiger partial charge in [0.05, 0.1) is 7.11 Å². The van der Waals surface area contributed by atoms with Crippen LogP contribution in [0.2, 0.25) is 0 Å². The van der Waals surface area contributed by atoms with E-state index in [4.69, 9.17) is 4.74 Å². The summed E-state index contributed by atoms with van der Waals surface area (Å²) in [5.74, 6) is -0.940. The Morgan fingerprint density at radius 3 is 2.63 bits per heavy atom. The van der Waals surface area contributed by atoms with Gasteiger partial charge >= 0.3 is 5.97 Å². The highest BCUT2D eigenvalue weighted by atomic mass is 16.5. The van der Waals surface area contributed by atoms with Crippen molar-refractivity contribution in [3.8, 4) is 0 Å². The molecule has 1 atom stereocenters. The summed E-state index contributed by atoms with van der Waals surface area (Å²) in [4.78, 5) is 24.9. The van der Waals surface area contributed by atoms with E-state index in [2.05, 4.69) is 11.9 Å². The van der Waals surface area contributed by atoms with Crippen LogP contribution in [0.25, 0.3) is 0 Å². The van der Waals surface area contributed by atoms with Crippen molar-refractivity contribution in [2.75, 3.05) is 12.4 Å². The van der Waals surface area contributed by atoms with Gasteiger partial charge in [0.1, 0.15) is 0 Å². The molecule has 1 amide bonds. The number of fused-ring (bicyclic) bond motifs is 1. The van der Waals surface area contributed by atoms with Gasteiger partial charge in [0, 0.05) is 16.7 Å². The second-order valence-electron chi connectivity index (χ2n) is 5.17. The number of hydrogen-bond donors (Lipinski definition) is 1. The lowest BCUT2D eigenvalue weighted by Gasteiger charge is -2.37. The van der Waals surface area contributed by atoms with Gasteiger partial charge in [0.2, 0.25) is 5.91 Å². The molecule has 0 spiro atoms. The molecule has 1 aliphatic heterocycles. The molecule has 4 heteroatoms. The van der Waals surface area contributed by atoms with Crippen LogP contribution in [-0.2, 0) is 19.7 Å². The Balaban J connectivity index is 2.80. The first-order valence-corrected chi connectivity index (χ1v) is 6.04. The first-order chi connectivity index (χ1) is 8.91. The number of ether oxygens (including phenoxy) is 1. The minimum absolute atomic E-state index is 0.370. The molecule has 0 fully saturated rings. The van der Waals surface area contributed by atoms with Crippen molar-refractivity contribution in [1.29, 1.82) is 0 Å².